The molecule has 3 heterocycles. The normalized spacial score (nSPS) is 14.1. The molecule has 0 spiro atoms. The minimum Gasteiger partial charge on any atom is -0.292 e. The molecule has 0 saturated heterocycles. The van der Waals surface area contributed by atoms with Gasteiger partial charge in [0.1, 0.15) is 5.65 Å². The molecule has 8 aromatic rings. The van der Waals surface area contributed by atoms with Gasteiger partial charge in [-0.15, -0.1) is 0 Å². The number of aromatic nitrogens is 3. The second-order valence-electron chi connectivity index (χ2n) is 11.4. The van der Waals surface area contributed by atoms with Gasteiger partial charge in [0.2, 0.25) is 0 Å². The van der Waals surface area contributed by atoms with Crippen molar-refractivity contribution in [2.75, 3.05) is 0 Å². The summed E-state index contributed by atoms with van der Waals surface area (Å²) >= 11 is 0. The first-order valence-corrected chi connectivity index (χ1v) is 16.5. The number of imidazole rings is 1. The van der Waals surface area contributed by atoms with Crippen LogP contribution in [-0.2, 0) is 0 Å². The standard InChI is InChI=1S/C40H28N3P/c1-3-11-30(12-4-1)44(31-13-5-2-6-14-31)32-21-17-27(18-22-32)29-20-23-33-34-24-19-28-10-9-25-41-39(28)38(34)40-42-35-15-7-8-16-36(35)43(40)37(33)26-29/h1,3-5,7-26H,2,6H2. The first-order valence-electron chi connectivity index (χ1n) is 15.2. The molecular weight excluding hydrogens is 553 g/mol. The first-order chi connectivity index (χ1) is 21.8. The largest absolute Gasteiger partial charge is 0.292 e. The average molecular weight is 582 g/mol. The number of hydrogen-bond donors (Lipinski definition) is 0. The lowest BCUT2D eigenvalue weighted by molar-refractivity contribution is 1.03. The van der Waals surface area contributed by atoms with Crippen LogP contribution in [0, 0.1) is 0 Å². The molecule has 0 saturated carbocycles. The topological polar surface area (TPSA) is 30.2 Å². The lowest BCUT2D eigenvalue weighted by Crippen LogP contribution is -2.13. The third kappa shape index (κ3) is 4.01. The van der Waals surface area contributed by atoms with Crippen LogP contribution in [0.1, 0.15) is 12.8 Å². The summed E-state index contributed by atoms with van der Waals surface area (Å²) in [4.78, 5) is 9.98. The molecule has 0 bridgehead atoms. The Kier molecular flexibility index (Phi) is 5.92. The molecule has 5 aromatic carbocycles. The quantitative estimate of drug-likeness (QED) is 0.153. The highest BCUT2D eigenvalue weighted by molar-refractivity contribution is 7.77. The average Bonchev–Trinajstić information content (AvgIpc) is 3.49. The van der Waals surface area contributed by atoms with Crippen molar-refractivity contribution < 1.29 is 0 Å². The molecule has 0 radical (unpaired) electrons. The predicted octanol–water partition coefficient (Wildman–Crippen LogP) is 9.68. The van der Waals surface area contributed by atoms with Gasteiger partial charge in [0.25, 0.3) is 0 Å². The zero-order chi connectivity index (χ0) is 29.0. The summed E-state index contributed by atoms with van der Waals surface area (Å²) in [6, 6.07) is 44.1. The second-order valence-corrected chi connectivity index (χ2v) is 13.6. The minimum absolute atomic E-state index is 0.594. The van der Waals surface area contributed by atoms with Crippen molar-refractivity contribution in [3.05, 3.63) is 151 Å². The Labute approximate surface area is 256 Å². The lowest BCUT2D eigenvalue weighted by atomic mass is 9.99. The fourth-order valence-electron chi connectivity index (χ4n) is 6.75. The maximum absolute atomic E-state index is 5.16. The third-order valence-corrected chi connectivity index (χ3v) is 11.3. The third-order valence-electron chi connectivity index (χ3n) is 8.79. The molecular formula is C40H28N3P. The van der Waals surface area contributed by atoms with E-state index in [-0.39, 0.29) is 0 Å². The van der Waals surface area contributed by atoms with E-state index in [9.17, 15) is 0 Å². The van der Waals surface area contributed by atoms with Crippen molar-refractivity contribution in [1.82, 2.24) is 14.4 Å². The summed E-state index contributed by atoms with van der Waals surface area (Å²) in [7, 11) is -0.594. The highest BCUT2D eigenvalue weighted by Crippen LogP contribution is 2.45. The summed E-state index contributed by atoms with van der Waals surface area (Å²) < 4.78 is 2.33. The Morgan fingerprint density at radius 3 is 2.30 bits per heavy atom. The van der Waals surface area contributed by atoms with Crippen LogP contribution in [0.2, 0.25) is 0 Å². The zero-order valence-corrected chi connectivity index (χ0v) is 25.0. The van der Waals surface area contributed by atoms with Crippen molar-refractivity contribution in [1.29, 1.82) is 0 Å². The Morgan fingerprint density at radius 1 is 0.636 bits per heavy atom. The van der Waals surface area contributed by atoms with Crippen LogP contribution in [0.4, 0.5) is 0 Å². The number of hydrogen-bond acceptors (Lipinski definition) is 2. The Morgan fingerprint density at radius 2 is 1.43 bits per heavy atom. The maximum atomic E-state index is 5.16. The molecule has 1 unspecified atom stereocenters. The molecule has 44 heavy (non-hydrogen) atoms. The van der Waals surface area contributed by atoms with Gasteiger partial charge >= 0.3 is 0 Å². The number of nitrogens with zero attached hydrogens (tertiary/aromatic N) is 3. The van der Waals surface area contributed by atoms with Gasteiger partial charge < -0.3 is 0 Å². The maximum Gasteiger partial charge on any atom is 0.148 e. The van der Waals surface area contributed by atoms with Gasteiger partial charge in [-0.1, -0.05) is 115 Å². The highest BCUT2D eigenvalue weighted by atomic mass is 31.1. The van der Waals surface area contributed by atoms with Crippen molar-refractivity contribution in [3.8, 4) is 11.1 Å². The van der Waals surface area contributed by atoms with Crippen molar-refractivity contribution in [3.63, 3.8) is 0 Å². The fraction of sp³-hybridized carbons (Fsp3) is 0.0500. The zero-order valence-electron chi connectivity index (χ0n) is 24.1. The SMILES string of the molecule is C1=CC(P(c2ccccc2)c2ccc(-c3ccc4c5ccc6cccnc6c5c5nc6ccccc6n5c4c3)cc2)=CCC1. The number of para-hydroxylation sites is 2. The Hall–Kier alpha value is -5.11. The number of fused-ring (bicyclic) bond motifs is 10. The molecule has 3 aromatic heterocycles. The summed E-state index contributed by atoms with van der Waals surface area (Å²) in [5, 5.41) is 8.82. The molecule has 0 N–H and O–H groups in total. The van der Waals surface area contributed by atoms with E-state index in [2.05, 4.69) is 138 Å². The number of rotatable bonds is 4. The Balaban J connectivity index is 1.24. The summed E-state index contributed by atoms with van der Waals surface area (Å²) in [6.45, 7) is 0. The molecule has 1 aliphatic rings. The van der Waals surface area contributed by atoms with Crippen LogP contribution >= 0.6 is 7.92 Å². The number of pyridine rings is 2. The van der Waals surface area contributed by atoms with Crippen molar-refractivity contribution >= 4 is 67.8 Å². The van der Waals surface area contributed by atoms with E-state index in [1.165, 1.54) is 37.8 Å². The van der Waals surface area contributed by atoms with Crippen LogP contribution in [0.5, 0.6) is 0 Å². The molecule has 1 aliphatic carbocycles. The van der Waals surface area contributed by atoms with E-state index in [1.54, 1.807) is 0 Å². The van der Waals surface area contributed by atoms with E-state index in [0.717, 1.165) is 51.3 Å². The van der Waals surface area contributed by atoms with Crippen LogP contribution in [-0.4, -0.2) is 14.4 Å². The molecule has 9 rings (SSSR count). The van der Waals surface area contributed by atoms with Gasteiger partial charge in [0.05, 0.1) is 27.5 Å². The van der Waals surface area contributed by atoms with Gasteiger partial charge in [-0.2, -0.15) is 0 Å². The molecule has 4 heteroatoms. The molecule has 3 nitrogen and oxygen atoms in total. The summed E-state index contributed by atoms with van der Waals surface area (Å²) in [5.41, 5.74) is 7.60. The molecule has 0 aliphatic heterocycles. The van der Waals surface area contributed by atoms with E-state index in [0.29, 0.717) is 0 Å². The van der Waals surface area contributed by atoms with Gasteiger partial charge in [-0.05, 0) is 77.5 Å². The number of allylic oxidation sites excluding steroid dienone is 4. The van der Waals surface area contributed by atoms with Gasteiger partial charge in [-0.3, -0.25) is 9.38 Å². The van der Waals surface area contributed by atoms with Crippen molar-refractivity contribution in [2.24, 2.45) is 0 Å². The fourth-order valence-corrected chi connectivity index (χ4v) is 9.13. The van der Waals surface area contributed by atoms with Crippen LogP contribution in [0.3, 0.4) is 0 Å². The summed E-state index contributed by atoms with van der Waals surface area (Å²) in [6.07, 6.45) is 11.2. The molecule has 1 atom stereocenters. The van der Waals surface area contributed by atoms with Crippen LogP contribution in [0.25, 0.3) is 60.4 Å². The summed E-state index contributed by atoms with van der Waals surface area (Å²) in [5.74, 6) is 0. The van der Waals surface area contributed by atoms with Gasteiger partial charge in [0, 0.05) is 17.0 Å². The van der Waals surface area contributed by atoms with Crippen LogP contribution < -0.4 is 10.6 Å². The predicted molar refractivity (Wildman–Crippen MR) is 188 cm³/mol. The molecule has 208 valence electrons. The minimum atomic E-state index is -0.594. The number of benzene rings is 5. The van der Waals surface area contributed by atoms with E-state index >= 15 is 0 Å². The van der Waals surface area contributed by atoms with Crippen LogP contribution in [0.15, 0.2) is 151 Å². The molecule has 0 amide bonds. The lowest BCUT2D eigenvalue weighted by Gasteiger charge is -2.22. The van der Waals surface area contributed by atoms with Gasteiger partial charge in [-0.25, -0.2) is 4.98 Å². The van der Waals surface area contributed by atoms with Gasteiger partial charge in [0.15, 0.2) is 0 Å². The van der Waals surface area contributed by atoms with E-state index in [1.807, 2.05) is 12.3 Å². The van der Waals surface area contributed by atoms with Crippen molar-refractivity contribution in [2.45, 2.75) is 12.8 Å². The highest BCUT2D eigenvalue weighted by Gasteiger charge is 2.19. The monoisotopic (exact) mass is 581 g/mol. The first kappa shape index (κ1) is 25.4. The molecule has 0 fully saturated rings. The van der Waals surface area contributed by atoms with E-state index < -0.39 is 7.92 Å². The smallest absolute Gasteiger partial charge is 0.148 e. The Bertz CT molecular complexity index is 2440. The van der Waals surface area contributed by atoms with E-state index in [4.69, 9.17) is 9.97 Å². The second kappa shape index (κ2) is 10.3.